The van der Waals surface area contributed by atoms with Crippen molar-refractivity contribution in [3.63, 3.8) is 0 Å². The first-order valence-corrected chi connectivity index (χ1v) is 5.67. The summed E-state index contributed by atoms with van der Waals surface area (Å²) in [5, 5.41) is 4.35. The van der Waals surface area contributed by atoms with Gasteiger partial charge in [0.25, 0.3) is 0 Å². The molecule has 0 aliphatic rings. The van der Waals surface area contributed by atoms with Gasteiger partial charge < -0.3 is 0 Å². The topological polar surface area (TPSA) is 43.6 Å². The van der Waals surface area contributed by atoms with E-state index in [-0.39, 0.29) is 0 Å². The number of aryl methyl sites for hydroxylation is 2. The molecule has 2 rings (SSSR count). The van der Waals surface area contributed by atoms with Gasteiger partial charge in [0.1, 0.15) is 16.9 Å². The maximum Gasteiger partial charge on any atom is 0.132 e. The molecule has 2 aromatic heterocycles. The molecule has 0 aliphatic carbocycles. The average Bonchev–Trinajstić information content (AvgIpc) is 2.53. The van der Waals surface area contributed by atoms with Crippen LogP contribution in [0.3, 0.4) is 0 Å². The zero-order valence-corrected chi connectivity index (χ0v) is 10.5. The fourth-order valence-corrected chi connectivity index (χ4v) is 1.74. The van der Waals surface area contributed by atoms with E-state index in [9.17, 15) is 0 Å². The van der Waals surface area contributed by atoms with Gasteiger partial charge in [-0.1, -0.05) is 20.8 Å². The van der Waals surface area contributed by atoms with Gasteiger partial charge >= 0.3 is 0 Å². The van der Waals surface area contributed by atoms with Gasteiger partial charge in [-0.25, -0.2) is 9.97 Å². The predicted molar refractivity (Wildman–Crippen MR) is 64.3 cm³/mol. The van der Waals surface area contributed by atoms with Gasteiger partial charge in [-0.05, 0) is 12.8 Å². The highest BCUT2D eigenvalue weighted by atomic mass is 15.3. The van der Waals surface area contributed by atoms with Crippen LogP contribution in [-0.2, 0) is 7.05 Å². The quantitative estimate of drug-likeness (QED) is 0.777. The van der Waals surface area contributed by atoms with Gasteiger partial charge in [0.2, 0.25) is 0 Å². The van der Waals surface area contributed by atoms with E-state index in [4.69, 9.17) is 0 Å². The molecule has 1 unspecified atom stereocenters. The third-order valence-electron chi connectivity index (χ3n) is 3.19. The monoisotopic (exact) mass is 218 g/mol. The van der Waals surface area contributed by atoms with Crippen molar-refractivity contribution in [1.82, 2.24) is 19.7 Å². The summed E-state index contributed by atoms with van der Waals surface area (Å²) in [6.07, 6.45) is 1.87. The SMILES string of the molecule is Cc1nn(C)c2cnc(C(C)C(C)C)nc12. The predicted octanol–water partition coefficient (Wildman–Crippen LogP) is 2.43. The fourth-order valence-electron chi connectivity index (χ4n) is 1.74. The number of fused-ring (bicyclic) bond motifs is 1. The van der Waals surface area contributed by atoms with Crippen molar-refractivity contribution in [2.24, 2.45) is 13.0 Å². The lowest BCUT2D eigenvalue weighted by Crippen LogP contribution is -2.07. The van der Waals surface area contributed by atoms with Crippen molar-refractivity contribution >= 4 is 11.0 Å². The van der Waals surface area contributed by atoms with Crippen LogP contribution in [0.25, 0.3) is 11.0 Å². The zero-order valence-electron chi connectivity index (χ0n) is 10.5. The van der Waals surface area contributed by atoms with Gasteiger partial charge in [-0.15, -0.1) is 0 Å². The molecule has 0 saturated carbocycles. The van der Waals surface area contributed by atoms with E-state index in [0.29, 0.717) is 11.8 Å². The lowest BCUT2D eigenvalue weighted by Gasteiger charge is -2.13. The second-order valence-electron chi connectivity index (χ2n) is 4.70. The maximum absolute atomic E-state index is 4.62. The second-order valence-corrected chi connectivity index (χ2v) is 4.70. The first kappa shape index (κ1) is 11.0. The van der Waals surface area contributed by atoms with Gasteiger partial charge in [-0.3, -0.25) is 4.68 Å². The molecule has 0 fully saturated rings. The van der Waals surface area contributed by atoms with Crippen LogP contribution < -0.4 is 0 Å². The fraction of sp³-hybridized carbons (Fsp3) is 0.583. The number of nitrogens with zero attached hydrogens (tertiary/aromatic N) is 4. The van der Waals surface area contributed by atoms with Crippen LogP contribution in [0.15, 0.2) is 6.20 Å². The van der Waals surface area contributed by atoms with Gasteiger partial charge in [-0.2, -0.15) is 5.10 Å². The van der Waals surface area contributed by atoms with E-state index in [1.807, 2.05) is 24.9 Å². The van der Waals surface area contributed by atoms with Gasteiger partial charge in [0, 0.05) is 13.0 Å². The van der Waals surface area contributed by atoms with E-state index in [1.54, 1.807) is 0 Å². The molecule has 0 bridgehead atoms. The minimum atomic E-state index is 0.379. The van der Waals surface area contributed by atoms with Crippen LogP contribution in [-0.4, -0.2) is 19.7 Å². The third-order valence-corrected chi connectivity index (χ3v) is 3.19. The van der Waals surface area contributed by atoms with Gasteiger partial charge in [0.05, 0.1) is 11.9 Å². The van der Waals surface area contributed by atoms with E-state index < -0.39 is 0 Å². The summed E-state index contributed by atoms with van der Waals surface area (Å²) in [4.78, 5) is 9.05. The number of hydrogen-bond acceptors (Lipinski definition) is 3. The third kappa shape index (κ3) is 1.68. The van der Waals surface area contributed by atoms with Crippen molar-refractivity contribution in [2.45, 2.75) is 33.6 Å². The lowest BCUT2D eigenvalue weighted by molar-refractivity contribution is 0.512. The van der Waals surface area contributed by atoms with Crippen LogP contribution in [0.4, 0.5) is 0 Å². The molecule has 0 amide bonds. The molecule has 0 saturated heterocycles. The van der Waals surface area contributed by atoms with Crippen LogP contribution in [0.2, 0.25) is 0 Å². The van der Waals surface area contributed by atoms with Crippen molar-refractivity contribution in [3.8, 4) is 0 Å². The molecule has 2 heterocycles. The number of aromatic nitrogens is 4. The number of rotatable bonds is 2. The molecule has 0 spiro atoms. The Bertz CT molecular complexity index is 513. The standard InChI is InChI=1S/C12H18N4/c1-7(2)8(3)12-13-6-10-11(14-12)9(4)15-16(10)5/h6-8H,1-5H3. The maximum atomic E-state index is 4.62. The van der Waals surface area contributed by atoms with E-state index in [0.717, 1.165) is 22.6 Å². The van der Waals surface area contributed by atoms with E-state index in [1.165, 1.54) is 0 Å². The molecule has 2 aromatic rings. The summed E-state index contributed by atoms with van der Waals surface area (Å²) in [6, 6.07) is 0. The highest BCUT2D eigenvalue weighted by molar-refractivity contribution is 5.76. The summed E-state index contributed by atoms with van der Waals surface area (Å²) in [5.41, 5.74) is 2.94. The smallest absolute Gasteiger partial charge is 0.132 e. The Morgan fingerprint density at radius 2 is 1.94 bits per heavy atom. The second kappa shape index (κ2) is 3.85. The molecule has 0 aliphatic heterocycles. The first-order valence-electron chi connectivity index (χ1n) is 5.67. The Hall–Kier alpha value is -1.45. The van der Waals surface area contributed by atoms with Crippen LogP contribution >= 0.6 is 0 Å². The highest BCUT2D eigenvalue weighted by Gasteiger charge is 2.15. The summed E-state index contributed by atoms with van der Waals surface area (Å²) in [5.74, 6) is 1.84. The summed E-state index contributed by atoms with van der Waals surface area (Å²) < 4.78 is 1.83. The minimum Gasteiger partial charge on any atom is -0.264 e. The van der Waals surface area contributed by atoms with E-state index >= 15 is 0 Å². The average molecular weight is 218 g/mol. The Balaban J connectivity index is 2.55. The van der Waals surface area contributed by atoms with Crippen LogP contribution in [0, 0.1) is 12.8 Å². The summed E-state index contributed by atoms with van der Waals surface area (Å²) in [6.45, 7) is 8.53. The Morgan fingerprint density at radius 1 is 1.25 bits per heavy atom. The minimum absolute atomic E-state index is 0.379. The molecule has 0 N–H and O–H groups in total. The van der Waals surface area contributed by atoms with Crippen LogP contribution in [0.1, 0.15) is 38.2 Å². The molecular weight excluding hydrogens is 200 g/mol. The first-order chi connectivity index (χ1) is 7.50. The molecule has 0 aromatic carbocycles. The van der Waals surface area contributed by atoms with Gasteiger partial charge in [0.15, 0.2) is 0 Å². The molecule has 16 heavy (non-hydrogen) atoms. The van der Waals surface area contributed by atoms with Crippen molar-refractivity contribution in [2.75, 3.05) is 0 Å². The Labute approximate surface area is 95.7 Å². The summed E-state index contributed by atoms with van der Waals surface area (Å²) >= 11 is 0. The van der Waals surface area contributed by atoms with Crippen molar-refractivity contribution in [1.29, 1.82) is 0 Å². The van der Waals surface area contributed by atoms with Crippen molar-refractivity contribution < 1.29 is 0 Å². The molecule has 4 nitrogen and oxygen atoms in total. The molecule has 4 heteroatoms. The normalized spacial score (nSPS) is 13.6. The van der Waals surface area contributed by atoms with Crippen LogP contribution in [0.5, 0.6) is 0 Å². The molecular formula is C12H18N4. The van der Waals surface area contributed by atoms with Crippen molar-refractivity contribution in [3.05, 3.63) is 17.7 Å². The Kier molecular flexibility index (Phi) is 2.66. The number of hydrogen-bond donors (Lipinski definition) is 0. The van der Waals surface area contributed by atoms with E-state index in [2.05, 4.69) is 35.8 Å². The molecule has 0 radical (unpaired) electrons. The lowest BCUT2D eigenvalue weighted by atomic mass is 9.97. The largest absolute Gasteiger partial charge is 0.264 e. The molecule has 86 valence electrons. The zero-order chi connectivity index (χ0) is 11.9. The Morgan fingerprint density at radius 3 is 2.56 bits per heavy atom. The summed E-state index contributed by atoms with van der Waals surface area (Å²) in [7, 11) is 1.92. The molecule has 1 atom stereocenters. The highest BCUT2D eigenvalue weighted by Crippen LogP contribution is 2.22.